The van der Waals surface area contributed by atoms with Crippen LogP contribution < -0.4 is 42.0 Å². The Morgan fingerprint density at radius 1 is 1.00 bits per heavy atom. The van der Waals surface area contributed by atoms with Gasteiger partial charge in [0.25, 0.3) is 5.91 Å². The molecule has 1 unspecified atom stereocenters. The number of halogens is 3. The summed E-state index contributed by atoms with van der Waals surface area (Å²) >= 11 is 13.4. The van der Waals surface area contributed by atoms with E-state index < -0.39 is 131 Å². The number of anilines is 2. The van der Waals surface area contributed by atoms with Gasteiger partial charge in [-0.3, -0.25) is 29.3 Å². The van der Waals surface area contributed by atoms with Gasteiger partial charge in [-0.05, 0) is 94.7 Å². The summed E-state index contributed by atoms with van der Waals surface area (Å²) in [5, 5.41) is 48.8. The molecule has 28 heteroatoms. The number of aliphatic hydroxyl groups is 2. The van der Waals surface area contributed by atoms with Gasteiger partial charge in [-0.25, -0.2) is 14.4 Å². The molecule has 2 aliphatic heterocycles. The van der Waals surface area contributed by atoms with E-state index in [-0.39, 0.29) is 66.0 Å². The molecule has 2 aromatic carbocycles. The van der Waals surface area contributed by atoms with Crippen LogP contribution in [0.1, 0.15) is 116 Å². The highest BCUT2D eigenvalue weighted by Crippen LogP contribution is 2.38. The lowest BCUT2D eigenvalue weighted by molar-refractivity contribution is -0.165. The number of phenolic OH excluding ortho intramolecular Hbond substituents is 1. The van der Waals surface area contributed by atoms with Crippen molar-refractivity contribution in [3.8, 4) is 11.5 Å². The number of unbranched alkanes of at least 4 members (excludes halogenated alkanes) is 1. The van der Waals surface area contributed by atoms with Gasteiger partial charge in [-0.2, -0.15) is 0 Å². The van der Waals surface area contributed by atoms with Crippen molar-refractivity contribution in [2.24, 2.45) is 23.5 Å². The highest BCUT2D eigenvalue weighted by atomic mass is 79.9. The Morgan fingerprint density at radius 2 is 1.69 bits per heavy atom. The van der Waals surface area contributed by atoms with E-state index in [1.165, 1.54) is 59.2 Å². The van der Waals surface area contributed by atoms with Crippen molar-refractivity contribution in [3.63, 3.8) is 0 Å². The highest BCUT2D eigenvalue weighted by Gasteiger charge is 2.49. The average Bonchev–Trinajstić information content (AvgIpc) is 1.58. The van der Waals surface area contributed by atoms with Crippen molar-refractivity contribution in [1.29, 1.82) is 0 Å². The number of aldehydes is 1. The summed E-state index contributed by atoms with van der Waals surface area (Å²) in [5.74, 6) is -7.07. The molecule has 1 saturated heterocycles. The van der Waals surface area contributed by atoms with E-state index in [0.29, 0.717) is 41.9 Å². The van der Waals surface area contributed by atoms with Crippen LogP contribution in [-0.2, 0) is 54.1 Å². The number of benzene rings is 2. The molecule has 0 saturated carbocycles. The Kier molecular flexibility index (Phi) is 29.3. The molecule has 4 rings (SSSR count). The number of nitrogens with one attached hydrogen (secondary N) is 5. The third-order valence-electron chi connectivity index (χ3n) is 15.9. The number of hydrogen-bond donors (Lipinski definition) is 9. The van der Waals surface area contributed by atoms with Crippen LogP contribution in [0.15, 0.2) is 54.1 Å². The second-order valence-corrected chi connectivity index (χ2v) is 24.6. The van der Waals surface area contributed by atoms with Gasteiger partial charge in [0.05, 0.1) is 37.1 Å². The summed E-state index contributed by atoms with van der Waals surface area (Å²) < 4.78 is 28.8. The zero-order chi connectivity index (χ0) is 66.7. The molecular weight excluding hydrogens is 1310 g/mol. The van der Waals surface area contributed by atoms with E-state index in [0.717, 1.165) is 22.8 Å². The SMILES string of the molecule is COc1cc2cc(c1Cl)N(C)C(=O)C[C@H](OC(=O)[C@H](C)N(C)C(=O)c1ccc(NC(=O)[C@H](CCCNC(N)=O)NC(=O)[C@@H](NC(=O)CCCCC(C)OC(C=O)(CBr)CBr)C(C)C)c(O)c1)[C@@H](C)[C@@H](O)[C@H](C)[C@@H]1C[C@@](O)(NC(=O)O1)[C@H](OC)/C=C/C=C(\C)C2. The molecule has 0 aromatic heterocycles. The maximum atomic E-state index is 14.4. The van der Waals surface area contributed by atoms with Crippen molar-refractivity contribution >= 4 is 109 Å². The summed E-state index contributed by atoms with van der Waals surface area (Å²) in [6.07, 6.45) is 0.806. The van der Waals surface area contributed by atoms with Gasteiger partial charge in [0.1, 0.15) is 58.6 Å². The molecule has 2 heterocycles. The van der Waals surface area contributed by atoms with Gasteiger partial charge >= 0.3 is 18.1 Å². The second kappa shape index (κ2) is 34.7. The topological polar surface area (TPSA) is 353 Å². The minimum absolute atomic E-state index is 0.0362. The first-order chi connectivity index (χ1) is 41.9. The zero-order valence-corrected chi connectivity index (χ0v) is 56.1. The van der Waals surface area contributed by atoms with E-state index in [1.807, 2.05) is 13.8 Å². The first-order valence-electron chi connectivity index (χ1n) is 29.3. The van der Waals surface area contributed by atoms with Crippen LogP contribution in [-0.4, -0.2) is 180 Å². The van der Waals surface area contributed by atoms with Crippen LogP contribution in [0, 0.1) is 17.8 Å². The minimum Gasteiger partial charge on any atom is -0.506 e. The minimum atomic E-state index is -2.00. The fraction of sp³-hybridized carbons (Fsp3) is 0.590. The number of aromatic hydroxyl groups is 1. The summed E-state index contributed by atoms with van der Waals surface area (Å²) in [6, 6.07) is 2.44. The summed E-state index contributed by atoms with van der Waals surface area (Å²) in [4.78, 5) is 122. The normalized spacial score (nSPS) is 23.2. The Hall–Kier alpha value is -6.36. The molecule has 4 bridgehead atoms. The molecule has 11 atom stereocenters. The maximum absolute atomic E-state index is 14.4. The number of amides is 8. The quantitative estimate of drug-likeness (QED) is 0.0169. The number of alkyl carbamates (subject to hydrolysis) is 1. The van der Waals surface area contributed by atoms with Gasteiger partial charge in [0.2, 0.25) is 23.6 Å². The Labute approximate surface area is 541 Å². The molecule has 25 nitrogen and oxygen atoms in total. The van der Waals surface area contributed by atoms with Crippen LogP contribution in [0.25, 0.3) is 0 Å². The number of urea groups is 1. The fourth-order valence-electron chi connectivity index (χ4n) is 10.2. The van der Waals surface area contributed by atoms with Crippen molar-refractivity contribution < 1.29 is 82.2 Å². The number of rotatable bonds is 26. The number of nitrogens with two attached hydrogens (primary N) is 1. The van der Waals surface area contributed by atoms with E-state index in [2.05, 4.69) is 58.4 Å². The number of methoxy groups -OCH3 is 2. The second-order valence-electron chi connectivity index (χ2n) is 23.1. The van der Waals surface area contributed by atoms with Gasteiger partial charge in [0.15, 0.2) is 12.0 Å². The van der Waals surface area contributed by atoms with E-state index in [4.69, 9.17) is 41.0 Å². The fourth-order valence-corrected chi connectivity index (χ4v) is 11.9. The Balaban J connectivity index is 1.55. The molecule has 1 fully saturated rings. The van der Waals surface area contributed by atoms with Crippen LogP contribution in [0.5, 0.6) is 11.5 Å². The molecule has 0 radical (unpaired) electrons. The third-order valence-corrected chi connectivity index (χ3v) is 18.2. The lowest BCUT2D eigenvalue weighted by Crippen LogP contribution is -2.64. The lowest BCUT2D eigenvalue weighted by Gasteiger charge is -2.43. The number of aliphatic hydroxyl groups excluding tert-OH is 1. The van der Waals surface area contributed by atoms with Crippen LogP contribution >= 0.6 is 43.5 Å². The molecule has 8 amide bonds. The number of ether oxygens (including phenoxy) is 5. The number of hydrogen-bond acceptors (Lipinski definition) is 17. The molecule has 0 aliphatic carbocycles. The van der Waals surface area contributed by atoms with E-state index >= 15 is 0 Å². The monoisotopic (exact) mass is 1400 g/mol. The van der Waals surface area contributed by atoms with E-state index in [9.17, 15) is 58.5 Å². The average molecular weight is 1400 g/mol. The van der Waals surface area contributed by atoms with Crippen molar-refractivity contribution in [1.82, 2.24) is 26.2 Å². The highest BCUT2D eigenvalue weighted by molar-refractivity contribution is 9.10. The van der Waals surface area contributed by atoms with Gasteiger partial charge < -0.3 is 80.6 Å². The molecule has 10 N–H and O–H groups in total. The molecule has 2 aromatic rings. The summed E-state index contributed by atoms with van der Waals surface area (Å²) in [6.45, 7) is 11.6. The molecule has 494 valence electrons. The molecule has 2 aliphatic rings. The smallest absolute Gasteiger partial charge is 0.409 e. The Morgan fingerprint density at radius 3 is 2.29 bits per heavy atom. The summed E-state index contributed by atoms with van der Waals surface area (Å²) in [5.41, 5.74) is 3.72. The van der Waals surface area contributed by atoms with Gasteiger partial charge in [0, 0.05) is 68.7 Å². The number of fused-ring (bicyclic) bond motifs is 4. The lowest BCUT2D eigenvalue weighted by atomic mass is 9.81. The van der Waals surface area contributed by atoms with Crippen molar-refractivity contribution in [2.45, 2.75) is 166 Å². The maximum Gasteiger partial charge on any atom is 0.409 e. The van der Waals surface area contributed by atoms with Gasteiger partial charge in [-0.15, -0.1) is 0 Å². The van der Waals surface area contributed by atoms with Crippen LogP contribution in [0.4, 0.5) is 21.0 Å². The number of primary amides is 1. The van der Waals surface area contributed by atoms with Crippen LogP contribution in [0.3, 0.4) is 0 Å². The number of allylic oxidation sites excluding steroid dienone is 3. The number of carbonyl (C=O) groups is 9. The number of phenols is 1. The summed E-state index contributed by atoms with van der Waals surface area (Å²) in [7, 11) is 5.56. The third kappa shape index (κ3) is 21.1. The van der Waals surface area contributed by atoms with Crippen LogP contribution in [0.2, 0.25) is 5.02 Å². The predicted molar refractivity (Wildman–Crippen MR) is 340 cm³/mol. The van der Waals surface area contributed by atoms with Crippen molar-refractivity contribution in [2.75, 3.05) is 55.7 Å². The standard InChI is InChI=1S/C61H87Br2ClN8O17/c1-33(2)52(69-49(75)20-13-12-17-35(4)89-60(30-62,31-63)32-73)55(79)68-42(18-15-23-66-58(65)82)54(78)67-41-22-21-40(27-44(41)74)56(80)71(8)38(7)57(81)87-45-28-50(76)72(9)43-25-39(26-46(85-10)51(43)64)24-34(3)16-14-19-48(86-11)61(84)29-47(88-59(83)70-61)37(6)53(77)36(45)5/h14,16,19,21-22,25-27,32-33,35-38,42,45,47-48,52-53,74,77,84H,12-13,15,17-18,20,23-24,28-31H2,1-11H3,(H,67,78)(H,68,79)(H,69,75)(H,70,83)(H3,65,66,82)/b19-14+,34-16+/t35?,36-,37-,38+,42+,45+,47+,48-,52+,53-,61+/m1/s1. The molecule has 89 heavy (non-hydrogen) atoms. The Bertz CT molecular complexity index is 2900. The number of esters is 1. The first kappa shape index (κ1) is 75.1. The number of alkyl halides is 2. The largest absolute Gasteiger partial charge is 0.506 e. The first-order valence-corrected chi connectivity index (χ1v) is 31.9. The number of carbonyl (C=O) groups excluding carboxylic acids is 9. The van der Waals surface area contributed by atoms with Gasteiger partial charge in [-0.1, -0.05) is 101 Å². The number of likely N-dealkylation sites (N-methyl/N-ethyl adjacent to an activating group) is 1. The number of nitrogens with zero attached hydrogens (tertiary/aromatic N) is 2. The molecular formula is C61H87Br2ClN8O17. The van der Waals surface area contributed by atoms with Crippen molar-refractivity contribution in [3.05, 3.63) is 70.3 Å². The molecule has 0 spiro atoms. The zero-order valence-electron chi connectivity index (χ0n) is 52.2. The predicted octanol–water partition coefficient (Wildman–Crippen LogP) is 6.08. The van der Waals surface area contributed by atoms with E-state index in [1.54, 1.807) is 51.1 Å².